The highest BCUT2D eigenvalue weighted by Crippen LogP contribution is 2.18. The van der Waals surface area contributed by atoms with Crippen LogP contribution in [0.2, 0.25) is 5.15 Å². The van der Waals surface area contributed by atoms with Crippen LogP contribution in [0.1, 0.15) is 17.5 Å². The van der Waals surface area contributed by atoms with Crippen molar-refractivity contribution in [2.45, 2.75) is 24.7 Å². The summed E-state index contributed by atoms with van der Waals surface area (Å²) in [5.41, 5.74) is 2.78. The summed E-state index contributed by atoms with van der Waals surface area (Å²) in [6.45, 7) is 2.01. The summed E-state index contributed by atoms with van der Waals surface area (Å²) in [6, 6.07) is 16.7. The van der Waals surface area contributed by atoms with Gasteiger partial charge >= 0.3 is 0 Å². The van der Waals surface area contributed by atoms with Gasteiger partial charge < -0.3 is 5.32 Å². The summed E-state index contributed by atoms with van der Waals surface area (Å²) in [7, 11) is -3.83. The van der Waals surface area contributed by atoms with Gasteiger partial charge in [0.1, 0.15) is 0 Å². The van der Waals surface area contributed by atoms with Crippen LogP contribution in [0, 0.1) is 6.92 Å². The van der Waals surface area contributed by atoms with E-state index in [1.54, 1.807) is 0 Å². The van der Waals surface area contributed by atoms with Crippen molar-refractivity contribution in [3.05, 3.63) is 76.9 Å². The van der Waals surface area contributed by atoms with Crippen molar-refractivity contribution >= 4 is 39.0 Å². The number of nitrogens with one attached hydrogen (secondary N) is 2. The number of anilines is 2. The van der Waals surface area contributed by atoms with Crippen LogP contribution in [0.3, 0.4) is 0 Å². The van der Waals surface area contributed by atoms with Crippen molar-refractivity contribution in [2.24, 2.45) is 0 Å². The van der Waals surface area contributed by atoms with Gasteiger partial charge in [-0.15, -0.1) is 10.2 Å². The Balaban J connectivity index is 1.58. The highest BCUT2D eigenvalue weighted by atomic mass is 35.5. The largest absolute Gasteiger partial charge is 0.326 e. The van der Waals surface area contributed by atoms with Crippen LogP contribution in [0.4, 0.5) is 11.5 Å². The molecule has 0 bridgehead atoms. The molecule has 0 atom stereocenters. The second-order valence-corrected chi connectivity index (χ2v) is 8.47. The Kier molecular flexibility index (Phi) is 6.46. The first kappa shape index (κ1) is 20.8. The molecular formula is C20H19ClN4O3S. The molecule has 0 radical (unpaired) electrons. The maximum atomic E-state index is 12.4. The molecule has 0 spiro atoms. The minimum absolute atomic E-state index is 0.0342. The first-order valence-corrected chi connectivity index (χ1v) is 10.7. The van der Waals surface area contributed by atoms with Crippen molar-refractivity contribution in [2.75, 3.05) is 10.0 Å². The molecule has 2 aromatic carbocycles. The van der Waals surface area contributed by atoms with Gasteiger partial charge in [0.05, 0.1) is 4.90 Å². The molecule has 0 fully saturated rings. The predicted octanol–water partition coefficient (Wildman–Crippen LogP) is 3.81. The molecule has 1 amide bonds. The molecule has 7 nitrogen and oxygen atoms in total. The summed E-state index contributed by atoms with van der Waals surface area (Å²) in [5, 5.41) is 10.2. The maximum Gasteiger partial charge on any atom is 0.263 e. The molecule has 3 rings (SSSR count). The van der Waals surface area contributed by atoms with Crippen molar-refractivity contribution in [1.82, 2.24) is 10.2 Å². The molecule has 0 unspecified atom stereocenters. The van der Waals surface area contributed by atoms with Crippen molar-refractivity contribution in [1.29, 1.82) is 0 Å². The van der Waals surface area contributed by atoms with E-state index < -0.39 is 10.0 Å². The number of hydrogen-bond donors (Lipinski definition) is 2. The van der Waals surface area contributed by atoms with E-state index in [0.717, 1.165) is 5.56 Å². The smallest absolute Gasteiger partial charge is 0.263 e. The van der Waals surface area contributed by atoms with Crippen LogP contribution >= 0.6 is 11.6 Å². The summed E-state index contributed by atoms with van der Waals surface area (Å²) < 4.78 is 27.1. The van der Waals surface area contributed by atoms with E-state index in [0.29, 0.717) is 18.5 Å². The predicted molar refractivity (Wildman–Crippen MR) is 112 cm³/mol. The number of carbonyl (C=O) groups is 1. The van der Waals surface area contributed by atoms with Gasteiger partial charge in [0.25, 0.3) is 10.0 Å². The number of hydrogen-bond acceptors (Lipinski definition) is 5. The number of amides is 1. The Morgan fingerprint density at radius 3 is 2.28 bits per heavy atom. The van der Waals surface area contributed by atoms with E-state index in [1.165, 1.54) is 42.0 Å². The van der Waals surface area contributed by atoms with Crippen LogP contribution < -0.4 is 10.0 Å². The number of sulfonamides is 1. The minimum Gasteiger partial charge on any atom is -0.326 e. The number of aromatic nitrogens is 2. The van der Waals surface area contributed by atoms with Gasteiger partial charge in [-0.05, 0) is 55.3 Å². The molecule has 0 saturated carbocycles. The van der Waals surface area contributed by atoms with E-state index in [4.69, 9.17) is 11.6 Å². The molecule has 3 aromatic rings. The van der Waals surface area contributed by atoms with Gasteiger partial charge in [-0.3, -0.25) is 9.52 Å². The first-order valence-electron chi connectivity index (χ1n) is 8.79. The molecule has 0 aliphatic rings. The van der Waals surface area contributed by atoms with Gasteiger partial charge in [-0.2, -0.15) is 0 Å². The SMILES string of the molecule is Cc1ccc(CCC(=O)Nc2ccc(S(=O)(=O)Nc3ccc(Cl)nn3)cc2)cc1. The first-order chi connectivity index (χ1) is 13.8. The Bertz CT molecular complexity index is 1080. The molecule has 9 heteroatoms. The molecule has 2 N–H and O–H groups in total. The molecular weight excluding hydrogens is 412 g/mol. The zero-order valence-corrected chi connectivity index (χ0v) is 17.2. The van der Waals surface area contributed by atoms with Gasteiger partial charge in [-0.1, -0.05) is 41.4 Å². The Morgan fingerprint density at radius 2 is 1.66 bits per heavy atom. The summed E-state index contributed by atoms with van der Waals surface area (Å²) in [4.78, 5) is 12.2. The van der Waals surface area contributed by atoms with Crippen LogP contribution in [-0.2, 0) is 21.2 Å². The van der Waals surface area contributed by atoms with Crippen LogP contribution in [0.5, 0.6) is 0 Å². The highest BCUT2D eigenvalue weighted by molar-refractivity contribution is 7.92. The standard InChI is InChI=1S/C20H19ClN4O3S/c1-14-2-4-15(5-3-14)6-13-20(26)22-16-7-9-17(10-8-16)29(27,28)25-19-12-11-18(21)23-24-19/h2-5,7-12H,6,13H2,1H3,(H,22,26)(H,24,25). The molecule has 0 aliphatic heterocycles. The lowest BCUT2D eigenvalue weighted by Crippen LogP contribution is -2.15. The maximum absolute atomic E-state index is 12.4. The van der Waals surface area contributed by atoms with Crippen LogP contribution in [-0.4, -0.2) is 24.5 Å². The molecule has 1 aromatic heterocycles. The Labute approximate surface area is 174 Å². The minimum atomic E-state index is -3.83. The van der Waals surface area contributed by atoms with Crippen molar-refractivity contribution in [3.63, 3.8) is 0 Å². The third-order valence-corrected chi connectivity index (χ3v) is 5.65. The van der Waals surface area contributed by atoms with Crippen molar-refractivity contribution in [3.8, 4) is 0 Å². The molecule has 150 valence electrons. The molecule has 1 heterocycles. The highest BCUT2D eigenvalue weighted by Gasteiger charge is 2.15. The average molecular weight is 431 g/mol. The van der Waals surface area contributed by atoms with Crippen LogP contribution in [0.25, 0.3) is 0 Å². The van der Waals surface area contributed by atoms with E-state index in [1.807, 2.05) is 31.2 Å². The third-order valence-electron chi connectivity index (χ3n) is 4.08. The zero-order valence-electron chi connectivity index (χ0n) is 15.6. The summed E-state index contributed by atoms with van der Waals surface area (Å²) in [6.07, 6.45) is 0.963. The molecule has 0 saturated heterocycles. The number of halogens is 1. The fourth-order valence-electron chi connectivity index (χ4n) is 2.52. The monoisotopic (exact) mass is 430 g/mol. The van der Waals surface area contributed by atoms with E-state index in [-0.39, 0.29) is 21.8 Å². The average Bonchev–Trinajstić information content (AvgIpc) is 2.70. The normalized spacial score (nSPS) is 11.1. The van der Waals surface area contributed by atoms with E-state index >= 15 is 0 Å². The van der Waals surface area contributed by atoms with Gasteiger partial charge in [0.15, 0.2) is 11.0 Å². The number of rotatable bonds is 7. The molecule has 0 aliphatic carbocycles. The summed E-state index contributed by atoms with van der Waals surface area (Å²) in [5.74, 6) is -0.0846. The fraction of sp³-hybridized carbons (Fsp3) is 0.150. The Hall–Kier alpha value is -2.97. The lowest BCUT2D eigenvalue weighted by atomic mass is 10.1. The summed E-state index contributed by atoms with van der Waals surface area (Å²) >= 11 is 5.64. The third kappa shape index (κ3) is 6.00. The van der Waals surface area contributed by atoms with Gasteiger partial charge in [0, 0.05) is 12.1 Å². The van der Waals surface area contributed by atoms with E-state index in [9.17, 15) is 13.2 Å². The van der Waals surface area contributed by atoms with Gasteiger partial charge in [0.2, 0.25) is 5.91 Å². The van der Waals surface area contributed by atoms with E-state index in [2.05, 4.69) is 20.2 Å². The second-order valence-electron chi connectivity index (χ2n) is 6.40. The molecule has 29 heavy (non-hydrogen) atoms. The zero-order chi connectivity index (χ0) is 20.9. The number of aryl methyl sites for hydroxylation is 2. The fourth-order valence-corrected chi connectivity index (χ4v) is 3.62. The lowest BCUT2D eigenvalue weighted by molar-refractivity contribution is -0.116. The number of nitrogens with zero attached hydrogens (tertiary/aromatic N) is 2. The van der Waals surface area contributed by atoms with Gasteiger partial charge in [-0.25, -0.2) is 8.42 Å². The number of benzene rings is 2. The lowest BCUT2D eigenvalue weighted by Gasteiger charge is -2.09. The number of carbonyl (C=O) groups excluding carboxylic acids is 1. The topological polar surface area (TPSA) is 101 Å². The van der Waals surface area contributed by atoms with Crippen molar-refractivity contribution < 1.29 is 13.2 Å². The quantitative estimate of drug-likeness (QED) is 0.593. The second kappa shape index (κ2) is 9.02. The Morgan fingerprint density at radius 1 is 0.966 bits per heavy atom. The van der Waals surface area contributed by atoms with Crippen LogP contribution in [0.15, 0.2) is 65.6 Å².